The fraction of sp³-hybridized carbons (Fsp3) is 0.533. The molecule has 3 heteroatoms. The maximum Gasteiger partial charge on any atom is 0.254 e. The minimum absolute atomic E-state index is 0.0893. The Labute approximate surface area is 107 Å². The average Bonchev–Trinajstić information content (AvgIpc) is 2.68. The van der Waals surface area contributed by atoms with Gasteiger partial charge in [-0.2, -0.15) is 0 Å². The number of aromatic hydroxyl groups is 1. The Morgan fingerprint density at radius 2 is 2.00 bits per heavy atom. The van der Waals surface area contributed by atoms with Crippen LogP contribution in [0.5, 0.6) is 5.75 Å². The first kappa shape index (κ1) is 11.6. The normalized spacial score (nSPS) is 20.2. The molecule has 0 aromatic heterocycles. The quantitative estimate of drug-likeness (QED) is 0.870. The number of hydrogen-bond acceptors (Lipinski definition) is 2. The van der Waals surface area contributed by atoms with Gasteiger partial charge in [0.15, 0.2) is 0 Å². The number of phenols is 1. The number of hydrogen-bond donors (Lipinski definition) is 1. The van der Waals surface area contributed by atoms with Crippen LogP contribution < -0.4 is 0 Å². The summed E-state index contributed by atoms with van der Waals surface area (Å²) in [5.41, 5.74) is 1.74. The van der Waals surface area contributed by atoms with Crippen LogP contribution in [0, 0.1) is 5.92 Å². The summed E-state index contributed by atoms with van der Waals surface area (Å²) >= 11 is 0. The third-order valence-electron chi connectivity index (χ3n) is 4.18. The zero-order chi connectivity index (χ0) is 12.5. The lowest BCUT2D eigenvalue weighted by Crippen LogP contribution is -2.30. The van der Waals surface area contributed by atoms with Crippen molar-refractivity contribution in [3.8, 4) is 5.75 Å². The molecule has 1 fully saturated rings. The lowest BCUT2D eigenvalue weighted by Gasteiger charge is -2.26. The second-order valence-corrected chi connectivity index (χ2v) is 5.53. The molecular formula is C15H19NO2. The van der Waals surface area contributed by atoms with E-state index in [0.29, 0.717) is 18.0 Å². The number of phenolic OH excluding ortho intramolecular Hbond substituents is 1. The van der Waals surface area contributed by atoms with Gasteiger partial charge in [0.25, 0.3) is 5.91 Å². The number of amides is 1. The lowest BCUT2D eigenvalue weighted by atomic mass is 9.89. The molecule has 0 atom stereocenters. The topological polar surface area (TPSA) is 40.5 Å². The standard InChI is InChI=1S/C15H19NO2/c17-13-7-6-12-10-16(15(18)14(12)8-13)9-11-4-2-1-3-5-11/h6-8,11,17H,1-5,9-10H2. The van der Waals surface area contributed by atoms with Gasteiger partial charge in [0, 0.05) is 18.7 Å². The molecule has 1 saturated carbocycles. The van der Waals surface area contributed by atoms with Gasteiger partial charge in [-0.15, -0.1) is 0 Å². The minimum atomic E-state index is 0.0893. The zero-order valence-electron chi connectivity index (χ0n) is 10.6. The molecule has 2 aliphatic rings. The number of carbonyl (C=O) groups excluding carboxylic acids is 1. The van der Waals surface area contributed by atoms with Gasteiger partial charge in [-0.3, -0.25) is 4.79 Å². The van der Waals surface area contributed by atoms with Gasteiger partial charge in [0.1, 0.15) is 5.75 Å². The Morgan fingerprint density at radius 1 is 1.22 bits per heavy atom. The molecule has 0 spiro atoms. The Kier molecular flexibility index (Phi) is 2.98. The fourth-order valence-corrected chi connectivity index (χ4v) is 3.18. The van der Waals surface area contributed by atoms with E-state index in [1.54, 1.807) is 12.1 Å². The van der Waals surface area contributed by atoms with Crippen LogP contribution in [-0.4, -0.2) is 22.5 Å². The van der Waals surface area contributed by atoms with Crippen LogP contribution in [-0.2, 0) is 6.54 Å². The molecule has 1 N–H and O–H groups in total. The fourth-order valence-electron chi connectivity index (χ4n) is 3.18. The van der Waals surface area contributed by atoms with Gasteiger partial charge in [-0.05, 0) is 36.5 Å². The van der Waals surface area contributed by atoms with Crippen molar-refractivity contribution in [3.63, 3.8) is 0 Å². The van der Waals surface area contributed by atoms with Gasteiger partial charge >= 0.3 is 0 Å². The first-order chi connectivity index (χ1) is 8.74. The summed E-state index contributed by atoms with van der Waals surface area (Å²) in [5.74, 6) is 0.943. The third kappa shape index (κ3) is 2.09. The van der Waals surface area contributed by atoms with E-state index in [0.717, 1.165) is 12.1 Å². The summed E-state index contributed by atoms with van der Waals surface area (Å²) in [6.07, 6.45) is 6.47. The summed E-state index contributed by atoms with van der Waals surface area (Å²) in [4.78, 5) is 14.2. The van der Waals surface area contributed by atoms with Crippen LogP contribution in [0.25, 0.3) is 0 Å². The largest absolute Gasteiger partial charge is 0.508 e. The van der Waals surface area contributed by atoms with Crippen molar-refractivity contribution in [1.82, 2.24) is 4.90 Å². The van der Waals surface area contributed by atoms with Gasteiger partial charge in [0.05, 0.1) is 0 Å². The van der Waals surface area contributed by atoms with Crippen LogP contribution in [0.4, 0.5) is 0 Å². The summed E-state index contributed by atoms with van der Waals surface area (Å²) in [6, 6.07) is 5.12. The number of carbonyl (C=O) groups is 1. The van der Waals surface area contributed by atoms with Crippen molar-refractivity contribution >= 4 is 5.91 Å². The van der Waals surface area contributed by atoms with Crippen molar-refractivity contribution in [2.45, 2.75) is 38.6 Å². The van der Waals surface area contributed by atoms with Gasteiger partial charge in [0.2, 0.25) is 0 Å². The Balaban J connectivity index is 1.71. The van der Waals surface area contributed by atoms with E-state index in [1.165, 1.54) is 32.1 Å². The molecule has 18 heavy (non-hydrogen) atoms. The zero-order valence-corrected chi connectivity index (χ0v) is 10.6. The highest BCUT2D eigenvalue weighted by atomic mass is 16.3. The summed E-state index contributed by atoms with van der Waals surface area (Å²) in [7, 11) is 0. The molecule has 1 aromatic carbocycles. The highest BCUT2D eigenvalue weighted by Gasteiger charge is 2.29. The van der Waals surface area contributed by atoms with Crippen molar-refractivity contribution in [2.24, 2.45) is 5.92 Å². The predicted octanol–water partition coefficient (Wildman–Crippen LogP) is 2.93. The monoisotopic (exact) mass is 245 g/mol. The van der Waals surface area contributed by atoms with Crippen molar-refractivity contribution < 1.29 is 9.90 Å². The predicted molar refractivity (Wildman–Crippen MR) is 69.4 cm³/mol. The van der Waals surface area contributed by atoms with E-state index in [9.17, 15) is 9.90 Å². The van der Waals surface area contributed by atoms with Crippen molar-refractivity contribution in [3.05, 3.63) is 29.3 Å². The smallest absolute Gasteiger partial charge is 0.254 e. The highest BCUT2D eigenvalue weighted by Crippen LogP contribution is 2.30. The molecule has 1 aliphatic carbocycles. The van der Waals surface area contributed by atoms with Crippen LogP contribution in [0.15, 0.2) is 18.2 Å². The van der Waals surface area contributed by atoms with Gasteiger partial charge in [-0.1, -0.05) is 25.3 Å². The van der Waals surface area contributed by atoms with Crippen LogP contribution in [0.3, 0.4) is 0 Å². The lowest BCUT2D eigenvalue weighted by molar-refractivity contribution is 0.0737. The van der Waals surface area contributed by atoms with Crippen molar-refractivity contribution in [2.75, 3.05) is 6.54 Å². The van der Waals surface area contributed by atoms with Crippen LogP contribution in [0.2, 0.25) is 0 Å². The maximum atomic E-state index is 12.2. The molecule has 0 unspecified atom stereocenters. The van der Waals surface area contributed by atoms with E-state index in [-0.39, 0.29) is 11.7 Å². The molecular weight excluding hydrogens is 226 g/mol. The second-order valence-electron chi connectivity index (χ2n) is 5.53. The Morgan fingerprint density at radius 3 is 2.78 bits per heavy atom. The number of nitrogens with zero attached hydrogens (tertiary/aromatic N) is 1. The number of rotatable bonds is 2. The summed E-state index contributed by atoms with van der Waals surface area (Å²) < 4.78 is 0. The Hall–Kier alpha value is -1.51. The van der Waals surface area contributed by atoms with E-state index < -0.39 is 0 Å². The molecule has 0 bridgehead atoms. The molecule has 1 aromatic rings. The second kappa shape index (κ2) is 4.63. The highest BCUT2D eigenvalue weighted by molar-refractivity contribution is 5.98. The molecule has 1 heterocycles. The Bertz CT molecular complexity index is 464. The molecule has 1 amide bonds. The van der Waals surface area contributed by atoms with Gasteiger partial charge in [-0.25, -0.2) is 0 Å². The summed E-state index contributed by atoms with van der Waals surface area (Å²) in [5, 5.41) is 9.45. The SMILES string of the molecule is O=C1c2cc(O)ccc2CN1CC1CCCCC1. The van der Waals surface area contributed by atoms with Crippen LogP contribution in [0.1, 0.15) is 48.0 Å². The number of benzene rings is 1. The van der Waals surface area contributed by atoms with Crippen molar-refractivity contribution in [1.29, 1.82) is 0 Å². The van der Waals surface area contributed by atoms with E-state index in [2.05, 4.69) is 0 Å². The first-order valence-electron chi connectivity index (χ1n) is 6.85. The molecule has 96 valence electrons. The minimum Gasteiger partial charge on any atom is -0.508 e. The number of fused-ring (bicyclic) bond motifs is 1. The third-order valence-corrected chi connectivity index (χ3v) is 4.18. The first-order valence-corrected chi connectivity index (χ1v) is 6.85. The van der Waals surface area contributed by atoms with E-state index in [4.69, 9.17) is 0 Å². The van der Waals surface area contributed by atoms with E-state index >= 15 is 0 Å². The molecule has 0 radical (unpaired) electrons. The molecule has 0 saturated heterocycles. The molecule has 3 rings (SSSR count). The molecule has 3 nitrogen and oxygen atoms in total. The maximum absolute atomic E-state index is 12.2. The van der Waals surface area contributed by atoms with Crippen LogP contribution >= 0.6 is 0 Å². The molecule has 1 aliphatic heterocycles. The van der Waals surface area contributed by atoms with E-state index in [1.807, 2.05) is 11.0 Å². The van der Waals surface area contributed by atoms with Gasteiger partial charge < -0.3 is 10.0 Å². The summed E-state index contributed by atoms with van der Waals surface area (Å²) in [6.45, 7) is 1.60. The average molecular weight is 245 g/mol.